The van der Waals surface area contributed by atoms with E-state index in [0.717, 1.165) is 18.6 Å². The van der Waals surface area contributed by atoms with Gasteiger partial charge in [-0.25, -0.2) is 9.59 Å². The molecule has 1 aliphatic rings. The van der Waals surface area contributed by atoms with E-state index in [2.05, 4.69) is 18.2 Å². The molecule has 0 saturated carbocycles. The monoisotopic (exact) mass is 168 g/mol. The van der Waals surface area contributed by atoms with Crippen LogP contribution < -0.4 is 0 Å². The van der Waals surface area contributed by atoms with E-state index in [0.29, 0.717) is 0 Å². The molecule has 0 aromatic rings. The molecular formula is C9H12O3. The van der Waals surface area contributed by atoms with Crippen LogP contribution in [-0.4, -0.2) is 11.9 Å². The van der Waals surface area contributed by atoms with Crippen LogP contribution >= 0.6 is 0 Å². The molecule has 1 heterocycles. The minimum absolute atomic E-state index is 0.579. The van der Waals surface area contributed by atoms with E-state index in [9.17, 15) is 9.59 Å². The summed E-state index contributed by atoms with van der Waals surface area (Å²) in [5.41, 5.74) is 0. The molecule has 0 radical (unpaired) electrons. The largest absolute Gasteiger partial charge is 0.387 e. The van der Waals surface area contributed by atoms with Crippen LogP contribution in [0.15, 0.2) is 24.8 Å². The number of hydrogen-bond acceptors (Lipinski definition) is 3. The maximum absolute atomic E-state index is 9.92. The molecule has 0 bridgehead atoms. The first-order valence-corrected chi connectivity index (χ1v) is 3.75. The van der Waals surface area contributed by atoms with Gasteiger partial charge in [0.15, 0.2) is 0 Å². The quantitative estimate of drug-likeness (QED) is 0.357. The first-order valence-electron chi connectivity index (χ1n) is 3.75. The van der Waals surface area contributed by atoms with E-state index in [4.69, 9.17) is 0 Å². The molecule has 0 saturated heterocycles. The summed E-state index contributed by atoms with van der Waals surface area (Å²) in [6, 6.07) is 0. The SMILES string of the molecule is C=CCCC.O=C1C=CC(=O)O1. The molecule has 0 aromatic heterocycles. The average molecular weight is 168 g/mol. The van der Waals surface area contributed by atoms with Gasteiger partial charge in [-0.15, -0.1) is 6.58 Å². The molecule has 0 atom stereocenters. The van der Waals surface area contributed by atoms with Gasteiger partial charge >= 0.3 is 11.9 Å². The zero-order chi connectivity index (χ0) is 9.40. The molecule has 0 spiro atoms. The van der Waals surface area contributed by atoms with Crippen LogP contribution in [0.3, 0.4) is 0 Å². The van der Waals surface area contributed by atoms with E-state index in [1.54, 1.807) is 0 Å². The lowest BCUT2D eigenvalue weighted by Gasteiger charge is -1.80. The Morgan fingerprint density at radius 3 is 2.00 bits per heavy atom. The van der Waals surface area contributed by atoms with Crippen molar-refractivity contribution in [3.63, 3.8) is 0 Å². The summed E-state index contributed by atoms with van der Waals surface area (Å²) >= 11 is 0. The van der Waals surface area contributed by atoms with Crippen molar-refractivity contribution in [3.8, 4) is 0 Å². The molecule has 3 nitrogen and oxygen atoms in total. The Labute approximate surface area is 71.7 Å². The number of carbonyl (C=O) groups excluding carboxylic acids is 2. The lowest BCUT2D eigenvalue weighted by Crippen LogP contribution is -1.96. The maximum atomic E-state index is 9.92. The molecule has 1 rings (SSSR count). The summed E-state index contributed by atoms with van der Waals surface area (Å²) in [6.07, 6.45) is 6.48. The Hall–Kier alpha value is -1.38. The summed E-state index contributed by atoms with van der Waals surface area (Å²) in [7, 11) is 0. The van der Waals surface area contributed by atoms with Crippen LogP contribution in [0.4, 0.5) is 0 Å². The Morgan fingerprint density at radius 1 is 1.42 bits per heavy atom. The molecule has 0 amide bonds. The van der Waals surface area contributed by atoms with Crippen molar-refractivity contribution in [2.75, 3.05) is 0 Å². The number of cyclic esters (lactones) is 2. The van der Waals surface area contributed by atoms with Crippen LogP contribution in [0, 0.1) is 0 Å². The maximum Gasteiger partial charge on any atom is 0.338 e. The van der Waals surface area contributed by atoms with Crippen molar-refractivity contribution in [1.29, 1.82) is 0 Å². The molecule has 0 N–H and O–H groups in total. The number of rotatable bonds is 2. The number of ether oxygens (including phenoxy) is 1. The smallest absolute Gasteiger partial charge is 0.338 e. The minimum Gasteiger partial charge on any atom is -0.387 e. The zero-order valence-electron chi connectivity index (χ0n) is 7.08. The van der Waals surface area contributed by atoms with Crippen LogP contribution in [0.1, 0.15) is 19.8 Å². The standard InChI is InChI=1S/C5H10.C4H2O3/c1-3-5-4-2;5-3-1-2-4(6)7-3/h3H,1,4-5H2,2H3;1-2H. The second-order valence-electron chi connectivity index (χ2n) is 2.15. The molecule has 0 unspecified atom stereocenters. The third kappa shape index (κ3) is 5.41. The molecule has 0 aliphatic carbocycles. The van der Waals surface area contributed by atoms with Gasteiger partial charge in [-0.2, -0.15) is 0 Å². The molecule has 0 fully saturated rings. The van der Waals surface area contributed by atoms with Crippen LogP contribution in [0.25, 0.3) is 0 Å². The summed E-state index contributed by atoms with van der Waals surface area (Å²) < 4.78 is 3.97. The molecule has 1 aliphatic heterocycles. The topological polar surface area (TPSA) is 43.4 Å². The third-order valence-electron chi connectivity index (χ3n) is 1.05. The first-order chi connectivity index (χ1) is 5.70. The number of allylic oxidation sites excluding steroid dienone is 1. The average Bonchev–Trinajstić information content (AvgIpc) is 2.38. The van der Waals surface area contributed by atoms with Crippen molar-refractivity contribution in [2.24, 2.45) is 0 Å². The van der Waals surface area contributed by atoms with Gasteiger partial charge in [0, 0.05) is 12.2 Å². The molecule has 12 heavy (non-hydrogen) atoms. The van der Waals surface area contributed by atoms with Gasteiger partial charge in [0.05, 0.1) is 0 Å². The predicted octanol–water partition coefficient (Wildman–Crippen LogP) is 1.60. The minimum atomic E-state index is -0.579. The van der Waals surface area contributed by atoms with Gasteiger partial charge in [-0.05, 0) is 6.42 Å². The fourth-order valence-electron chi connectivity index (χ4n) is 0.507. The van der Waals surface area contributed by atoms with E-state index in [-0.39, 0.29) is 0 Å². The van der Waals surface area contributed by atoms with Crippen LogP contribution in [-0.2, 0) is 14.3 Å². The highest BCUT2D eigenvalue weighted by Crippen LogP contribution is 1.92. The third-order valence-corrected chi connectivity index (χ3v) is 1.05. The Kier molecular flexibility index (Phi) is 5.61. The lowest BCUT2D eigenvalue weighted by atomic mass is 10.3. The van der Waals surface area contributed by atoms with Crippen LogP contribution in [0.2, 0.25) is 0 Å². The highest BCUT2D eigenvalue weighted by atomic mass is 16.6. The zero-order valence-corrected chi connectivity index (χ0v) is 7.08. The summed E-state index contributed by atoms with van der Waals surface area (Å²) in [4.78, 5) is 19.8. The van der Waals surface area contributed by atoms with Gasteiger partial charge in [0.1, 0.15) is 0 Å². The van der Waals surface area contributed by atoms with Gasteiger partial charge in [0.2, 0.25) is 0 Å². The van der Waals surface area contributed by atoms with Gasteiger partial charge in [0.25, 0.3) is 0 Å². The van der Waals surface area contributed by atoms with Crippen molar-refractivity contribution in [2.45, 2.75) is 19.8 Å². The highest BCUT2D eigenvalue weighted by Gasteiger charge is 2.10. The van der Waals surface area contributed by atoms with Crippen molar-refractivity contribution >= 4 is 11.9 Å². The summed E-state index contributed by atoms with van der Waals surface area (Å²) in [6.45, 7) is 5.69. The fourth-order valence-corrected chi connectivity index (χ4v) is 0.507. The van der Waals surface area contributed by atoms with Crippen LogP contribution in [0.5, 0.6) is 0 Å². The number of esters is 2. The number of carbonyl (C=O) groups is 2. The molecule has 66 valence electrons. The molecular weight excluding hydrogens is 156 g/mol. The molecule has 0 aromatic carbocycles. The second kappa shape index (κ2) is 6.34. The van der Waals surface area contributed by atoms with Crippen molar-refractivity contribution in [3.05, 3.63) is 24.8 Å². The Bertz CT molecular complexity index is 188. The summed E-state index contributed by atoms with van der Waals surface area (Å²) in [5, 5.41) is 0. The van der Waals surface area contributed by atoms with E-state index < -0.39 is 11.9 Å². The Morgan fingerprint density at radius 2 is 1.92 bits per heavy atom. The number of hydrogen-bond donors (Lipinski definition) is 0. The second-order valence-corrected chi connectivity index (χ2v) is 2.15. The van der Waals surface area contributed by atoms with E-state index in [1.807, 2.05) is 6.08 Å². The van der Waals surface area contributed by atoms with Gasteiger partial charge < -0.3 is 4.74 Å². The van der Waals surface area contributed by atoms with Gasteiger partial charge in [-0.3, -0.25) is 0 Å². The Balaban J connectivity index is 0.000000217. The van der Waals surface area contributed by atoms with E-state index >= 15 is 0 Å². The highest BCUT2D eigenvalue weighted by molar-refractivity contribution is 6.04. The van der Waals surface area contributed by atoms with Gasteiger partial charge in [-0.1, -0.05) is 19.4 Å². The normalized spacial score (nSPS) is 13.4. The van der Waals surface area contributed by atoms with E-state index in [1.165, 1.54) is 6.42 Å². The lowest BCUT2D eigenvalue weighted by molar-refractivity contribution is -0.150. The fraction of sp³-hybridized carbons (Fsp3) is 0.333. The van der Waals surface area contributed by atoms with Crippen molar-refractivity contribution < 1.29 is 14.3 Å². The predicted molar refractivity (Wildman–Crippen MR) is 45.3 cm³/mol. The molecule has 3 heteroatoms. The first kappa shape index (κ1) is 10.6. The van der Waals surface area contributed by atoms with Crippen molar-refractivity contribution in [1.82, 2.24) is 0 Å². The number of unbranched alkanes of at least 4 members (excludes halogenated alkanes) is 1. The summed E-state index contributed by atoms with van der Waals surface area (Å²) in [5.74, 6) is -1.16.